The van der Waals surface area contributed by atoms with Crippen LogP contribution in [-0.2, 0) is 5.41 Å². The van der Waals surface area contributed by atoms with Gasteiger partial charge < -0.3 is 5.32 Å². The van der Waals surface area contributed by atoms with Gasteiger partial charge in [0.1, 0.15) is 5.82 Å². The summed E-state index contributed by atoms with van der Waals surface area (Å²) in [5.74, 6) is 0.651. The minimum atomic E-state index is -0.0336. The van der Waals surface area contributed by atoms with Crippen LogP contribution in [0.3, 0.4) is 0 Å². The van der Waals surface area contributed by atoms with Crippen LogP contribution in [-0.4, -0.2) is 13.1 Å². The van der Waals surface area contributed by atoms with Crippen LogP contribution < -0.4 is 5.32 Å². The summed E-state index contributed by atoms with van der Waals surface area (Å²) in [7, 11) is 0. The monoisotopic (exact) mass is 177 g/mol. The molecule has 1 aromatic rings. The summed E-state index contributed by atoms with van der Waals surface area (Å²) in [6, 6.07) is 7.19. The van der Waals surface area contributed by atoms with Gasteiger partial charge in [0.2, 0.25) is 0 Å². The molecule has 2 aliphatic rings. The Morgan fingerprint density at radius 1 is 1.38 bits per heavy atom. The molecule has 0 radical (unpaired) electrons. The summed E-state index contributed by atoms with van der Waals surface area (Å²) in [4.78, 5) is 0. The molecule has 2 heteroatoms. The van der Waals surface area contributed by atoms with Gasteiger partial charge in [0.15, 0.2) is 0 Å². The summed E-state index contributed by atoms with van der Waals surface area (Å²) in [6.07, 6.45) is 1.17. The number of hydrogen-bond acceptors (Lipinski definition) is 1. The highest BCUT2D eigenvalue weighted by Gasteiger charge is 2.58. The first-order valence-electron chi connectivity index (χ1n) is 4.79. The maximum atomic E-state index is 13.5. The second kappa shape index (κ2) is 2.32. The molecule has 1 nitrogen and oxygen atoms in total. The van der Waals surface area contributed by atoms with Crippen LogP contribution in [0.4, 0.5) is 4.39 Å². The minimum absolute atomic E-state index is 0.0336. The molecular formula is C11H12FN. The van der Waals surface area contributed by atoms with Gasteiger partial charge in [0.05, 0.1) is 0 Å². The number of rotatable bonds is 1. The second-order valence-corrected chi connectivity index (χ2v) is 4.17. The smallest absolute Gasteiger partial charge is 0.127 e. The number of hydrogen-bond donors (Lipinski definition) is 1. The van der Waals surface area contributed by atoms with Crippen molar-refractivity contribution in [2.24, 2.45) is 5.92 Å². The molecule has 3 rings (SSSR count). The van der Waals surface area contributed by atoms with Gasteiger partial charge in [-0.1, -0.05) is 18.2 Å². The van der Waals surface area contributed by atoms with Crippen molar-refractivity contribution in [3.8, 4) is 0 Å². The van der Waals surface area contributed by atoms with Crippen LogP contribution in [0, 0.1) is 11.7 Å². The van der Waals surface area contributed by atoms with E-state index >= 15 is 0 Å². The second-order valence-electron chi connectivity index (χ2n) is 4.17. The normalized spacial score (nSPS) is 35.9. The number of fused-ring (bicyclic) bond motifs is 1. The molecule has 1 heterocycles. The van der Waals surface area contributed by atoms with Gasteiger partial charge in [-0.05, 0) is 30.5 Å². The molecule has 2 atom stereocenters. The van der Waals surface area contributed by atoms with Crippen LogP contribution in [0.15, 0.2) is 24.3 Å². The molecular weight excluding hydrogens is 165 g/mol. The molecule has 1 aromatic carbocycles. The van der Waals surface area contributed by atoms with Crippen LogP contribution in [0.2, 0.25) is 0 Å². The molecule has 1 saturated carbocycles. The summed E-state index contributed by atoms with van der Waals surface area (Å²) in [5.41, 5.74) is 1.08. The summed E-state index contributed by atoms with van der Waals surface area (Å²) in [5, 5.41) is 3.32. The van der Waals surface area contributed by atoms with Crippen molar-refractivity contribution >= 4 is 0 Å². The fourth-order valence-electron chi connectivity index (χ4n) is 2.62. The Bertz CT molecular complexity index is 350. The van der Waals surface area contributed by atoms with Crippen molar-refractivity contribution in [1.29, 1.82) is 0 Å². The maximum Gasteiger partial charge on any atom is 0.127 e. The van der Waals surface area contributed by atoms with Crippen molar-refractivity contribution in [1.82, 2.24) is 5.32 Å². The summed E-state index contributed by atoms with van der Waals surface area (Å²) in [6.45, 7) is 2.02. The largest absolute Gasteiger partial charge is 0.316 e. The van der Waals surface area contributed by atoms with Crippen molar-refractivity contribution in [3.63, 3.8) is 0 Å². The number of benzene rings is 1. The van der Waals surface area contributed by atoms with Gasteiger partial charge in [0.25, 0.3) is 0 Å². The molecule has 0 unspecified atom stereocenters. The van der Waals surface area contributed by atoms with Crippen molar-refractivity contribution in [2.75, 3.05) is 13.1 Å². The molecule has 2 fully saturated rings. The molecule has 68 valence electrons. The average molecular weight is 177 g/mol. The SMILES string of the molecule is Fc1ccccc1[C@]12CNC[C@H]1C2. The molecule has 0 aromatic heterocycles. The van der Waals surface area contributed by atoms with E-state index in [2.05, 4.69) is 5.32 Å². The zero-order valence-electron chi connectivity index (χ0n) is 7.39. The lowest BCUT2D eigenvalue weighted by Crippen LogP contribution is -2.20. The topological polar surface area (TPSA) is 12.0 Å². The van der Waals surface area contributed by atoms with E-state index in [-0.39, 0.29) is 11.2 Å². The Balaban J connectivity index is 2.06. The average Bonchev–Trinajstić information content (AvgIpc) is 2.70. The molecule has 1 aliphatic heterocycles. The van der Waals surface area contributed by atoms with Crippen LogP contribution >= 0.6 is 0 Å². The van der Waals surface area contributed by atoms with E-state index < -0.39 is 0 Å². The lowest BCUT2D eigenvalue weighted by Gasteiger charge is -2.12. The van der Waals surface area contributed by atoms with Gasteiger partial charge >= 0.3 is 0 Å². The summed E-state index contributed by atoms with van der Waals surface area (Å²) < 4.78 is 13.5. The van der Waals surface area contributed by atoms with Gasteiger partial charge in [-0.3, -0.25) is 0 Å². The lowest BCUT2D eigenvalue weighted by atomic mass is 9.95. The highest BCUT2D eigenvalue weighted by Crippen LogP contribution is 2.56. The Labute approximate surface area is 77.0 Å². The quantitative estimate of drug-likeness (QED) is 0.688. The third kappa shape index (κ3) is 0.894. The molecule has 0 bridgehead atoms. The van der Waals surface area contributed by atoms with Gasteiger partial charge in [-0.15, -0.1) is 0 Å². The third-order valence-corrected chi connectivity index (χ3v) is 3.47. The Kier molecular flexibility index (Phi) is 1.34. The van der Waals surface area contributed by atoms with E-state index in [1.807, 2.05) is 12.1 Å². The molecule has 0 spiro atoms. The van der Waals surface area contributed by atoms with Crippen molar-refractivity contribution < 1.29 is 4.39 Å². The Hall–Kier alpha value is -0.890. The van der Waals surface area contributed by atoms with Crippen LogP contribution in [0.1, 0.15) is 12.0 Å². The highest BCUT2D eigenvalue weighted by atomic mass is 19.1. The fraction of sp³-hybridized carbons (Fsp3) is 0.455. The number of nitrogens with one attached hydrogen (secondary N) is 1. The molecule has 1 aliphatic carbocycles. The molecule has 1 saturated heterocycles. The molecule has 0 amide bonds. The maximum absolute atomic E-state index is 13.5. The lowest BCUT2D eigenvalue weighted by molar-refractivity contribution is 0.569. The van der Waals surface area contributed by atoms with Gasteiger partial charge in [0, 0.05) is 12.0 Å². The van der Waals surface area contributed by atoms with E-state index in [1.54, 1.807) is 12.1 Å². The number of piperidine rings is 1. The number of halogens is 1. The Morgan fingerprint density at radius 3 is 2.85 bits per heavy atom. The van der Waals surface area contributed by atoms with E-state index in [0.717, 1.165) is 18.7 Å². The fourth-order valence-corrected chi connectivity index (χ4v) is 2.62. The standard InChI is InChI=1S/C11H12FN/c12-10-4-2-1-3-9(10)11-5-8(11)6-13-7-11/h1-4,8,13H,5-7H2/t8-,11-/m1/s1. The van der Waals surface area contributed by atoms with Crippen molar-refractivity contribution in [3.05, 3.63) is 35.6 Å². The van der Waals surface area contributed by atoms with E-state index in [4.69, 9.17) is 0 Å². The predicted molar refractivity (Wildman–Crippen MR) is 49.1 cm³/mol. The van der Waals surface area contributed by atoms with Gasteiger partial charge in [-0.25, -0.2) is 4.39 Å². The minimum Gasteiger partial charge on any atom is -0.316 e. The third-order valence-electron chi connectivity index (χ3n) is 3.47. The first kappa shape index (κ1) is 7.51. The van der Waals surface area contributed by atoms with Crippen LogP contribution in [0.25, 0.3) is 0 Å². The predicted octanol–water partition coefficient (Wildman–Crippen LogP) is 1.69. The van der Waals surface area contributed by atoms with E-state index in [0.29, 0.717) is 5.92 Å². The molecule has 13 heavy (non-hydrogen) atoms. The first-order chi connectivity index (χ1) is 6.33. The van der Waals surface area contributed by atoms with E-state index in [9.17, 15) is 4.39 Å². The van der Waals surface area contributed by atoms with Crippen molar-refractivity contribution in [2.45, 2.75) is 11.8 Å². The summed E-state index contributed by atoms with van der Waals surface area (Å²) >= 11 is 0. The van der Waals surface area contributed by atoms with Gasteiger partial charge in [-0.2, -0.15) is 0 Å². The molecule has 1 N–H and O–H groups in total. The zero-order chi connectivity index (χ0) is 8.89. The Morgan fingerprint density at radius 2 is 2.23 bits per heavy atom. The highest BCUT2D eigenvalue weighted by molar-refractivity contribution is 5.37. The first-order valence-corrected chi connectivity index (χ1v) is 4.79. The van der Waals surface area contributed by atoms with Crippen LogP contribution in [0.5, 0.6) is 0 Å². The van der Waals surface area contributed by atoms with E-state index in [1.165, 1.54) is 6.42 Å². The zero-order valence-corrected chi connectivity index (χ0v) is 7.39.